The second-order valence-corrected chi connectivity index (χ2v) is 11.9. The molecule has 0 bridgehead atoms. The molecule has 2 aromatic heterocycles. The molecule has 1 saturated heterocycles. The molecule has 2 unspecified atom stereocenters. The zero-order chi connectivity index (χ0) is 24.7. The number of halogens is 3. The summed E-state index contributed by atoms with van der Waals surface area (Å²) in [7, 11) is 0. The van der Waals surface area contributed by atoms with Crippen LogP contribution in [0.2, 0.25) is 14.4 Å². The van der Waals surface area contributed by atoms with Crippen molar-refractivity contribution in [2.24, 2.45) is 0 Å². The number of benzene rings is 1. The SMILES string of the molecule is CC1CCCC(C)N1NC(=O)c1nn(-c2ccc(Cl)cc2Cl)c2c1CCC/C2=C\c1ccc(Cl)s1. The average Bonchev–Trinajstić information content (AvgIpc) is 3.40. The number of aromatic nitrogens is 2. The summed E-state index contributed by atoms with van der Waals surface area (Å²) in [5.41, 5.74) is 7.31. The van der Waals surface area contributed by atoms with Crippen molar-refractivity contribution in [2.45, 2.75) is 64.5 Å². The van der Waals surface area contributed by atoms with Gasteiger partial charge in [-0.1, -0.05) is 41.2 Å². The van der Waals surface area contributed by atoms with Gasteiger partial charge in [0.25, 0.3) is 5.91 Å². The quantitative estimate of drug-likeness (QED) is 0.363. The number of piperidine rings is 1. The molecular weight excluding hydrogens is 523 g/mol. The first-order valence-corrected chi connectivity index (χ1v) is 13.9. The van der Waals surface area contributed by atoms with Crippen molar-refractivity contribution in [1.29, 1.82) is 0 Å². The zero-order valence-electron chi connectivity index (χ0n) is 19.7. The van der Waals surface area contributed by atoms with Crippen molar-refractivity contribution in [3.05, 3.63) is 66.5 Å². The van der Waals surface area contributed by atoms with Gasteiger partial charge in [0.2, 0.25) is 0 Å². The molecule has 2 aliphatic rings. The van der Waals surface area contributed by atoms with Crippen LogP contribution in [0.15, 0.2) is 30.3 Å². The summed E-state index contributed by atoms with van der Waals surface area (Å²) >= 11 is 20.5. The Hall–Kier alpha value is -1.83. The number of carbonyl (C=O) groups excluding carboxylic acids is 1. The van der Waals surface area contributed by atoms with Gasteiger partial charge >= 0.3 is 0 Å². The molecule has 0 spiro atoms. The lowest BCUT2D eigenvalue weighted by atomic mass is 9.90. The van der Waals surface area contributed by atoms with Crippen molar-refractivity contribution < 1.29 is 4.79 Å². The maximum absolute atomic E-state index is 13.6. The van der Waals surface area contributed by atoms with E-state index in [1.165, 1.54) is 17.8 Å². The third-order valence-corrected chi connectivity index (χ3v) is 8.56. The summed E-state index contributed by atoms with van der Waals surface area (Å²) in [5.74, 6) is -0.175. The molecule has 3 aromatic rings. The van der Waals surface area contributed by atoms with E-state index in [4.69, 9.17) is 39.9 Å². The van der Waals surface area contributed by atoms with E-state index in [0.29, 0.717) is 21.4 Å². The Labute approximate surface area is 224 Å². The number of amides is 1. The molecule has 1 amide bonds. The first-order valence-electron chi connectivity index (χ1n) is 11.9. The number of rotatable bonds is 4. The Morgan fingerprint density at radius 2 is 1.86 bits per heavy atom. The van der Waals surface area contributed by atoms with Crippen molar-refractivity contribution >= 4 is 63.7 Å². The van der Waals surface area contributed by atoms with Crippen LogP contribution >= 0.6 is 46.1 Å². The smallest absolute Gasteiger partial charge is 0.283 e. The number of hydrogen-bond acceptors (Lipinski definition) is 4. The highest BCUT2D eigenvalue weighted by atomic mass is 35.5. The maximum Gasteiger partial charge on any atom is 0.286 e. The van der Waals surface area contributed by atoms with Crippen LogP contribution in [0, 0.1) is 0 Å². The van der Waals surface area contributed by atoms with Gasteiger partial charge in [-0.25, -0.2) is 9.69 Å². The van der Waals surface area contributed by atoms with E-state index in [-0.39, 0.29) is 18.0 Å². The number of thiophene rings is 1. The summed E-state index contributed by atoms with van der Waals surface area (Å²) in [6, 6.07) is 9.82. The Kier molecular flexibility index (Phi) is 7.29. The van der Waals surface area contributed by atoms with Gasteiger partial charge in [-0.05, 0) is 87.9 Å². The molecule has 1 N–H and O–H groups in total. The highest BCUT2D eigenvalue weighted by molar-refractivity contribution is 7.17. The van der Waals surface area contributed by atoms with Gasteiger partial charge < -0.3 is 0 Å². The first-order chi connectivity index (χ1) is 16.8. The lowest BCUT2D eigenvalue weighted by molar-refractivity contribution is 0.0365. The Balaban J connectivity index is 1.61. The lowest BCUT2D eigenvalue weighted by Gasteiger charge is -2.38. The van der Waals surface area contributed by atoms with Gasteiger partial charge in [-0.15, -0.1) is 11.3 Å². The molecule has 2 atom stereocenters. The average molecular weight is 550 g/mol. The molecule has 1 fully saturated rings. The molecule has 5 nitrogen and oxygen atoms in total. The highest BCUT2D eigenvalue weighted by Crippen LogP contribution is 2.38. The monoisotopic (exact) mass is 548 g/mol. The third kappa shape index (κ3) is 5.05. The van der Waals surface area contributed by atoms with Gasteiger partial charge in [0.15, 0.2) is 5.69 Å². The number of nitrogens with zero attached hydrogens (tertiary/aromatic N) is 3. The van der Waals surface area contributed by atoms with Crippen LogP contribution in [-0.4, -0.2) is 32.8 Å². The fraction of sp³-hybridized carbons (Fsp3) is 0.385. The molecule has 35 heavy (non-hydrogen) atoms. The van der Waals surface area contributed by atoms with E-state index in [2.05, 4.69) is 30.4 Å². The van der Waals surface area contributed by atoms with E-state index < -0.39 is 0 Å². The van der Waals surface area contributed by atoms with E-state index in [1.807, 2.05) is 22.9 Å². The van der Waals surface area contributed by atoms with Crippen LogP contribution in [-0.2, 0) is 6.42 Å². The minimum atomic E-state index is -0.175. The van der Waals surface area contributed by atoms with Crippen molar-refractivity contribution in [1.82, 2.24) is 20.2 Å². The molecular formula is C26H27Cl3N4OS. The fourth-order valence-corrected chi connectivity index (χ4v) is 6.65. The Morgan fingerprint density at radius 3 is 2.54 bits per heavy atom. The van der Waals surface area contributed by atoms with Gasteiger partial charge in [0.1, 0.15) is 0 Å². The number of hydrogen-bond donors (Lipinski definition) is 1. The van der Waals surface area contributed by atoms with Gasteiger partial charge in [-0.3, -0.25) is 10.2 Å². The van der Waals surface area contributed by atoms with Crippen molar-refractivity contribution in [2.75, 3.05) is 0 Å². The molecule has 1 aliphatic heterocycles. The molecule has 184 valence electrons. The number of hydrazine groups is 1. The van der Waals surface area contributed by atoms with Crippen molar-refractivity contribution in [3.8, 4) is 5.69 Å². The molecule has 9 heteroatoms. The number of carbonyl (C=O) groups is 1. The Morgan fingerprint density at radius 1 is 1.09 bits per heavy atom. The molecule has 1 aliphatic carbocycles. The largest absolute Gasteiger partial charge is 0.286 e. The Bertz CT molecular complexity index is 1290. The minimum absolute atomic E-state index is 0.175. The van der Waals surface area contributed by atoms with E-state index in [0.717, 1.165) is 58.1 Å². The molecule has 1 aromatic carbocycles. The van der Waals surface area contributed by atoms with E-state index >= 15 is 0 Å². The van der Waals surface area contributed by atoms with Crippen LogP contribution < -0.4 is 5.43 Å². The van der Waals surface area contributed by atoms with E-state index in [9.17, 15) is 4.79 Å². The van der Waals surface area contributed by atoms with E-state index in [1.54, 1.807) is 12.1 Å². The number of fused-ring (bicyclic) bond motifs is 1. The maximum atomic E-state index is 13.6. The summed E-state index contributed by atoms with van der Waals surface area (Å²) < 4.78 is 2.55. The summed E-state index contributed by atoms with van der Waals surface area (Å²) in [6.45, 7) is 4.31. The molecule has 0 saturated carbocycles. The fourth-order valence-electron chi connectivity index (χ4n) is 5.13. The summed E-state index contributed by atoms with van der Waals surface area (Å²) in [4.78, 5) is 14.7. The topological polar surface area (TPSA) is 50.2 Å². The number of nitrogens with one attached hydrogen (secondary N) is 1. The normalized spacial score (nSPS) is 21.8. The highest BCUT2D eigenvalue weighted by Gasteiger charge is 2.32. The lowest BCUT2D eigenvalue weighted by Crippen LogP contribution is -2.54. The third-order valence-electron chi connectivity index (χ3n) is 6.85. The van der Waals surface area contributed by atoms with Gasteiger partial charge in [-0.2, -0.15) is 5.10 Å². The molecule has 5 rings (SSSR count). The predicted molar refractivity (Wildman–Crippen MR) is 146 cm³/mol. The van der Waals surface area contributed by atoms with Crippen LogP contribution in [0.5, 0.6) is 0 Å². The summed E-state index contributed by atoms with van der Waals surface area (Å²) in [6.07, 6.45) is 8.04. The van der Waals surface area contributed by atoms with Crippen LogP contribution in [0.3, 0.4) is 0 Å². The second-order valence-electron chi connectivity index (χ2n) is 9.33. The molecule has 0 radical (unpaired) electrons. The minimum Gasteiger partial charge on any atom is -0.283 e. The van der Waals surface area contributed by atoms with Gasteiger partial charge in [0.05, 0.1) is 20.7 Å². The van der Waals surface area contributed by atoms with Crippen LogP contribution in [0.4, 0.5) is 0 Å². The zero-order valence-corrected chi connectivity index (χ0v) is 22.7. The summed E-state index contributed by atoms with van der Waals surface area (Å²) in [5, 5.41) is 7.97. The van der Waals surface area contributed by atoms with Gasteiger partial charge in [0, 0.05) is 27.5 Å². The second kappa shape index (κ2) is 10.3. The van der Waals surface area contributed by atoms with Crippen LogP contribution in [0.25, 0.3) is 17.3 Å². The number of allylic oxidation sites excluding steroid dienone is 1. The predicted octanol–water partition coefficient (Wildman–Crippen LogP) is 7.68. The molecule has 3 heterocycles. The van der Waals surface area contributed by atoms with Crippen LogP contribution in [0.1, 0.15) is 72.6 Å². The standard InChI is InChI=1S/C26H27Cl3N4OS/c1-15-5-3-6-16(2)32(15)31-26(34)24-20-8-4-7-17(13-19-10-12-23(29)35-19)25(20)33(30-24)22-11-9-18(27)14-21(22)28/h9-16H,3-8H2,1-2H3,(H,31,34)/b17-13+. The van der Waals surface area contributed by atoms with Crippen molar-refractivity contribution in [3.63, 3.8) is 0 Å². The first kappa shape index (κ1) is 24.8.